The Labute approximate surface area is 155 Å². The number of halogens is 2. The van der Waals surface area contributed by atoms with Crippen LogP contribution in [0.3, 0.4) is 0 Å². The third-order valence-electron chi connectivity index (χ3n) is 4.19. The van der Waals surface area contributed by atoms with Crippen LogP contribution < -0.4 is 15.4 Å². The highest BCUT2D eigenvalue weighted by atomic mass is 19.3. The van der Waals surface area contributed by atoms with E-state index in [9.17, 15) is 18.4 Å². The van der Waals surface area contributed by atoms with Crippen molar-refractivity contribution in [2.24, 2.45) is 5.92 Å². The van der Waals surface area contributed by atoms with Crippen molar-refractivity contribution in [1.82, 2.24) is 5.32 Å². The number of amides is 2. The number of anilines is 1. The van der Waals surface area contributed by atoms with E-state index >= 15 is 0 Å². The van der Waals surface area contributed by atoms with Gasteiger partial charge in [-0.3, -0.25) is 9.59 Å². The van der Waals surface area contributed by atoms with Crippen molar-refractivity contribution in [3.05, 3.63) is 59.7 Å². The summed E-state index contributed by atoms with van der Waals surface area (Å²) in [7, 11) is 0. The number of ether oxygens (including phenoxy) is 1. The van der Waals surface area contributed by atoms with E-state index < -0.39 is 6.61 Å². The quantitative estimate of drug-likeness (QED) is 0.742. The Morgan fingerprint density at radius 3 is 2.52 bits per heavy atom. The maximum absolute atomic E-state index is 12.3. The third-order valence-corrected chi connectivity index (χ3v) is 4.19. The van der Waals surface area contributed by atoms with Crippen LogP contribution in [0.4, 0.5) is 14.5 Å². The fraction of sp³-hybridized carbons (Fsp3) is 0.300. The molecular weight excluding hydrogens is 354 g/mol. The molecule has 142 valence electrons. The standard InChI is InChI=1S/C20H20F2N2O3/c21-20(22)27-17-8-4-13(5-9-17)10-11-23-18(25)15-2-1-3-16(12-15)24-19(26)14-6-7-14/h1-5,8-9,12,14,20H,6-7,10-11H2,(H,23,25)(H,24,26). The molecular formula is C20H20F2N2O3. The fourth-order valence-electron chi connectivity index (χ4n) is 2.59. The zero-order chi connectivity index (χ0) is 19.2. The number of carbonyl (C=O) groups excluding carboxylic acids is 2. The summed E-state index contributed by atoms with van der Waals surface area (Å²) in [4.78, 5) is 24.1. The van der Waals surface area contributed by atoms with Gasteiger partial charge in [0.1, 0.15) is 5.75 Å². The molecule has 0 aromatic heterocycles. The first-order valence-corrected chi connectivity index (χ1v) is 8.74. The average Bonchev–Trinajstić information content (AvgIpc) is 3.48. The molecule has 0 heterocycles. The van der Waals surface area contributed by atoms with E-state index in [1.165, 1.54) is 12.1 Å². The van der Waals surface area contributed by atoms with Gasteiger partial charge in [0.15, 0.2) is 0 Å². The first-order valence-electron chi connectivity index (χ1n) is 8.74. The number of hydrogen-bond acceptors (Lipinski definition) is 3. The summed E-state index contributed by atoms with van der Waals surface area (Å²) in [6, 6.07) is 13.1. The van der Waals surface area contributed by atoms with Crippen LogP contribution >= 0.6 is 0 Å². The van der Waals surface area contributed by atoms with Crippen LogP contribution in [0.25, 0.3) is 0 Å². The molecule has 0 aliphatic heterocycles. The average molecular weight is 374 g/mol. The lowest BCUT2D eigenvalue weighted by Crippen LogP contribution is -2.25. The Morgan fingerprint density at radius 2 is 1.85 bits per heavy atom. The highest BCUT2D eigenvalue weighted by molar-refractivity contribution is 5.98. The van der Waals surface area contributed by atoms with Gasteiger partial charge in [-0.15, -0.1) is 0 Å². The van der Waals surface area contributed by atoms with Gasteiger partial charge in [-0.2, -0.15) is 8.78 Å². The van der Waals surface area contributed by atoms with E-state index in [1.54, 1.807) is 36.4 Å². The number of alkyl halides is 2. The smallest absolute Gasteiger partial charge is 0.387 e. The second kappa shape index (κ2) is 8.62. The van der Waals surface area contributed by atoms with Gasteiger partial charge < -0.3 is 15.4 Å². The molecule has 5 nitrogen and oxygen atoms in total. The van der Waals surface area contributed by atoms with Crippen molar-refractivity contribution in [3.63, 3.8) is 0 Å². The second-order valence-corrected chi connectivity index (χ2v) is 6.37. The summed E-state index contributed by atoms with van der Waals surface area (Å²) in [6.07, 6.45) is 2.39. The van der Waals surface area contributed by atoms with Crippen molar-refractivity contribution in [2.75, 3.05) is 11.9 Å². The molecule has 0 unspecified atom stereocenters. The molecule has 0 saturated heterocycles. The number of carbonyl (C=O) groups is 2. The zero-order valence-corrected chi connectivity index (χ0v) is 14.6. The minimum atomic E-state index is -2.85. The van der Waals surface area contributed by atoms with Gasteiger partial charge >= 0.3 is 6.61 Å². The van der Waals surface area contributed by atoms with Gasteiger partial charge in [0.25, 0.3) is 5.91 Å². The zero-order valence-electron chi connectivity index (χ0n) is 14.6. The Hall–Kier alpha value is -2.96. The van der Waals surface area contributed by atoms with Crippen molar-refractivity contribution < 1.29 is 23.1 Å². The largest absolute Gasteiger partial charge is 0.435 e. The lowest BCUT2D eigenvalue weighted by atomic mass is 10.1. The van der Waals surface area contributed by atoms with Gasteiger partial charge in [-0.1, -0.05) is 18.2 Å². The maximum Gasteiger partial charge on any atom is 0.387 e. The molecule has 0 bridgehead atoms. The second-order valence-electron chi connectivity index (χ2n) is 6.37. The highest BCUT2D eigenvalue weighted by Crippen LogP contribution is 2.30. The van der Waals surface area contributed by atoms with Gasteiger partial charge in [0.2, 0.25) is 5.91 Å². The summed E-state index contributed by atoms with van der Waals surface area (Å²) in [5.74, 6) is -0.0511. The predicted molar refractivity (Wildman–Crippen MR) is 96.9 cm³/mol. The summed E-state index contributed by atoms with van der Waals surface area (Å²) in [5.41, 5.74) is 1.96. The predicted octanol–water partition coefficient (Wildman–Crippen LogP) is 3.61. The van der Waals surface area contributed by atoms with Gasteiger partial charge in [0.05, 0.1) is 0 Å². The third kappa shape index (κ3) is 5.77. The SMILES string of the molecule is O=C(NCCc1ccc(OC(F)F)cc1)c1cccc(NC(=O)C2CC2)c1. The van der Waals surface area contributed by atoms with E-state index in [0.717, 1.165) is 18.4 Å². The first kappa shape index (κ1) is 18.8. The Kier molecular flexibility index (Phi) is 6.01. The summed E-state index contributed by atoms with van der Waals surface area (Å²) in [6.45, 7) is -2.45. The van der Waals surface area contributed by atoms with E-state index in [-0.39, 0.29) is 23.5 Å². The molecule has 1 fully saturated rings. The molecule has 2 N–H and O–H groups in total. The Morgan fingerprint density at radius 1 is 1.11 bits per heavy atom. The number of rotatable bonds is 8. The molecule has 0 atom stereocenters. The lowest BCUT2D eigenvalue weighted by Gasteiger charge is -2.09. The number of nitrogens with one attached hydrogen (secondary N) is 2. The Balaban J connectivity index is 1.48. The fourth-order valence-corrected chi connectivity index (χ4v) is 2.59. The van der Waals surface area contributed by atoms with Crippen LogP contribution in [0.1, 0.15) is 28.8 Å². The summed E-state index contributed by atoms with van der Waals surface area (Å²) in [5, 5.41) is 5.62. The van der Waals surface area contributed by atoms with E-state index in [0.29, 0.717) is 24.2 Å². The maximum atomic E-state index is 12.3. The summed E-state index contributed by atoms with van der Waals surface area (Å²) < 4.78 is 28.5. The van der Waals surface area contributed by atoms with Gasteiger partial charge in [-0.05, 0) is 55.2 Å². The van der Waals surface area contributed by atoms with Crippen molar-refractivity contribution in [1.29, 1.82) is 0 Å². The number of hydrogen-bond donors (Lipinski definition) is 2. The molecule has 7 heteroatoms. The van der Waals surface area contributed by atoms with Crippen LogP contribution in [0.5, 0.6) is 5.75 Å². The van der Waals surface area contributed by atoms with Gasteiger partial charge in [-0.25, -0.2) is 0 Å². The number of benzene rings is 2. The molecule has 27 heavy (non-hydrogen) atoms. The van der Waals surface area contributed by atoms with Crippen LogP contribution in [-0.4, -0.2) is 25.0 Å². The molecule has 2 amide bonds. The highest BCUT2D eigenvalue weighted by Gasteiger charge is 2.29. The first-order chi connectivity index (χ1) is 13.0. The molecule has 2 aromatic rings. The van der Waals surface area contributed by atoms with Crippen LogP contribution in [-0.2, 0) is 11.2 Å². The molecule has 1 aliphatic rings. The molecule has 0 radical (unpaired) electrons. The summed E-state index contributed by atoms with van der Waals surface area (Å²) >= 11 is 0. The molecule has 0 spiro atoms. The van der Waals surface area contributed by atoms with Crippen LogP contribution in [0.2, 0.25) is 0 Å². The van der Waals surface area contributed by atoms with E-state index in [2.05, 4.69) is 15.4 Å². The monoisotopic (exact) mass is 374 g/mol. The van der Waals surface area contributed by atoms with E-state index in [1.807, 2.05) is 0 Å². The van der Waals surface area contributed by atoms with Gasteiger partial charge in [0, 0.05) is 23.7 Å². The van der Waals surface area contributed by atoms with E-state index in [4.69, 9.17) is 0 Å². The topological polar surface area (TPSA) is 67.4 Å². The minimum absolute atomic E-state index is 0.00757. The van der Waals surface area contributed by atoms with Crippen molar-refractivity contribution >= 4 is 17.5 Å². The Bertz CT molecular complexity index is 805. The molecule has 3 rings (SSSR count). The van der Waals surface area contributed by atoms with Crippen molar-refractivity contribution in [2.45, 2.75) is 25.9 Å². The lowest BCUT2D eigenvalue weighted by molar-refractivity contribution is -0.117. The normalized spacial score (nSPS) is 13.3. The molecule has 1 saturated carbocycles. The minimum Gasteiger partial charge on any atom is -0.435 e. The van der Waals surface area contributed by atoms with Crippen molar-refractivity contribution in [3.8, 4) is 5.75 Å². The molecule has 2 aromatic carbocycles. The van der Waals surface area contributed by atoms with Crippen LogP contribution in [0, 0.1) is 5.92 Å². The van der Waals surface area contributed by atoms with Crippen LogP contribution in [0.15, 0.2) is 48.5 Å². The molecule has 1 aliphatic carbocycles.